The van der Waals surface area contributed by atoms with Crippen molar-refractivity contribution >= 4 is 52.1 Å². The Morgan fingerprint density at radius 3 is 2.36 bits per heavy atom. The molecule has 0 saturated carbocycles. The molecule has 1 atom stereocenters. The molecule has 1 aliphatic heterocycles. The molecule has 1 N–H and O–H groups in total. The molecule has 1 fully saturated rings. The normalized spacial score (nSPS) is 15.6. The summed E-state index contributed by atoms with van der Waals surface area (Å²) < 4.78 is 13.3. The Labute approximate surface area is 201 Å². The lowest BCUT2D eigenvalue weighted by Crippen LogP contribution is -2.48. The molecule has 4 rings (SSSR count). The van der Waals surface area contributed by atoms with Gasteiger partial charge in [-0.05, 0) is 72.7 Å². The maximum Gasteiger partial charge on any atom is 0.257 e. The van der Waals surface area contributed by atoms with E-state index in [-0.39, 0.29) is 18.2 Å². The molecule has 0 aromatic heterocycles. The van der Waals surface area contributed by atoms with Gasteiger partial charge in [-0.3, -0.25) is 9.59 Å². The molecule has 168 valence electrons. The molecule has 0 aliphatic carbocycles. The number of carbonyl (C=O) groups excluding carboxylic acids is 2. The van der Waals surface area contributed by atoms with Crippen molar-refractivity contribution in [2.45, 2.75) is 18.9 Å². The summed E-state index contributed by atoms with van der Waals surface area (Å²) in [5.41, 5.74) is 2.15. The van der Waals surface area contributed by atoms with Gasteiger partial charge in [-0.1, -0.05) is 41.9 Å². The molecule has 0 radical (unpaired) electrons. The van der Waals surface area contributed by atoms with Crippen molar-refractivity contribution in [1.82, 2.24) is 4.90 Å². The fraction of sp³-hybridized carbons (Fsp3) is 0.160. The van der Waals surface area contributed by atoms with Crippen LogP contribution in [0.1, 0.15) is 12.0 Å². The van der Waals surface area contributed by atoms with Gasteiger partial charge in [0, 0.05) is 17.3 Å². The largest absolute Gasteiger partial charge is 0.336 e. The van der Waals surface area contributed by atoms with Crippen LogP contribution in [0.15, 0.2) is 78.9 Å². The second-order valence-corrected chi connectivity index (χ2v) is 8.45. The Hall–Kier alpha value is -3.29. The number of para-hydroxylation sites is 1. The second kappa shape index (κ2) is 10.1. The summed E-state index contributed by atoms with van der Waals surface area (Å²) in [5, 5.41) is 4.16. The maximum absolute atomic E-state index is 13.3. The Bertz CT molecular complexity index is 1160. The summed E-state index contributed by atoms with van der Waals surface area (Å²) in [6.07, 6.45) is 0.579. The van der Waals surface area contributed by atoms with Crippen LogP contribution >= 0.6 is 23.8 Å². The average molecular weight is 482 g/mol. The summed E-state index contributed by atoms with van der Waals surface area (Å²) in [6.45, 7) is 0.418. The van der Waals surface area contributed by atoms with Crippen LogP contribution < -0.4 is 10.2 Å². The summed E-state index contributed by atoms with van der Waals surface area (Å²) in [6, 6.07) is 21.4. The van der Waals surface area contributed by atoms with E-state index in [1.54, 1.807) is 4.90 Å². The first kappa shape index (κ1) is 22.9. The Morgan fingerprint density at radius 1 is 1.03 bits per heavy atom. The number of thiocarbonyl (C=S) groups is 1. The van der Waals surface area contributed by atoms with Crippen LogP contribution in [0.4, 0.5) is 15.8 Å². The monoisotopic (exact) mass is 481 g/mol. The van der Waals surface area contributed by atoms with E-state index in [1.807, 2.05) is 54.6 Å². The topological polar surface area (TPSA) is 52.7 Å². The fourth-order valence-electron chi connectivity index (χ4n) is 3.74. The lowest BCUT2D eigenvalue weighted by Gasteiger charge is -2.30. The fourth-order valence-corrected chi connectivity index (χ4v) is 4.20. The van der Waals surface area contributed by atoms with Crippen LogP contribution in [-0.4, -0.2) is 34.4 Å². The SMILES string of the molecule is O=C1CC(N(CCc2ccc(Cl)cc2)C(=S)Nc2ccccc2)C(=O)N1c1ccc(F)cc1. The summed E-state index contributed by atoms with van der Waals surface area (Å²) in [4.78, 5) is 29.0. The van der Waals surface area contributed by atoms with Gasteiger partial charge in [-0.15, -0.1) is 0 Å². The molecule has 33 heavy (non-hydrogen) atoms. The van der Waals surface area contributed by atoms with E-state index in [2.05, 4.69) is 5.32 Å². The van der Waals surface area contributed by atoms with E-state index in [0.29, 0.717) is 28.8 Å². The zero-order chi connectivity index (χ0) is 23.4. The molecule has 1 unspecified atom stereocenters. The van der Waals surface area contributed by atoms with Crippen molar-refractivity contribution < 1.29 is 14.0 Å². The molecule has 3 aromatic carbocycles. The number of nitrogens with one attached hydrogen (secondary N) is 1. The summed E-state index contributed by atoms with van der Waals surface area (Å²) in [5.74, 6) is -1.18. The van der Waals surface area contributed by atoms with E-state index in [4.69, 9.17) is 23.8 Å². The first-order chi connectivity index (χ1) is 15.9. The minimum Gasteiger partial charge on any atom is -0.336 e. The first-order valence-corrected chi connectivity index (χ1v) is 11.2. The van der Waals surface area contributed by atoms with Crippen LogP contribution in [0.2, 0.25) is 5.02 Å². The summed E-state index contributed by atoms with van der Waals surface area (Å²) in [7, 11) is 0. The Kier molecular flexibility index (Phi) is 7.01. The predicted octanol–water partition coefficient (Wildman–Crippen LogP) is 5.05. The third-order valence-corrected chi connectivity index (χ3v) is 6.01. The van der Waals surface area contributed by atoms with Crippen molar-refractivity contribution in [2.75, 3.05) is 16.8 Å². The van der Waals surface area contributed by atoms with Gasteiger partial charge in [0.2, 0.25) is 5.91 Å². The van der Waals surface area contributed by atoms with Crippen molar-refractivity contribution in [3.05, 3.63) is 95.3 Å². The molecule has 0 spiro atoms. The van der Waals surface area contributed by atoms with Gasteiger partial charge in [-0.25, -0.2) is 9.29 Å². The third-order valence-electron chi connectivity index (χ3n) is 5.42. The predicted molar refractivity (Wildman–Crippen MR) is 132 cm³/mol. The van der Waals surface area contributed by atoms with Gasteiger partial charge >= 0.3 is 0 Å². The van der Waals surface area contributed by atoms with Gasteiger partial charge in [0.25, 0.3) is 5.91 Å². The standard InChI is InChI=1S/C25H21ClFN3O2S/c26-18-8-6-17(7-9-18)14-15-29(25(33)28-20-4-2-1-3-5-20)22-16-23(31)30(24(22)32)21-12-10-19(27)11-13-21/h1-13,22H,14-16H2,(H,28,33). The highest BCUT2D eigenvalue weighted by Gasteiger charge is 2.43. The second-order valence-electron chi connectivity index (χ2n) is 7.63. The van der Waals surface area contributed by atoms with E-state index in [1.165, 1.54) is 24.3 Å². The number of halogens is 2. The lowest BCUT2D eigenvalue weighted by atomic mass is 10.1. The van der Waals surface area contributed by atoms with Crippen LogP contribution in [0.5, 0.6) is 0 Å². The van der Waals surface area contributed by atoms with Crippen molar-refractivity contribution in [3.8, 4) is 0 Å². The van der Waals surface area contributed by atoms with E-state index < -0.39 is 11.9 Å². The lowest BCUT2D eigenvalue weighted by molar-refractivity contribution is -0.122. The minimum atomic E-state index is -0.765. The van der Waals surface area contributed by atoms with E-state index >= 15 is 0 Å². The first-order valence-electron chi connectivity index (χ1n) is 10.4. The molecule has 3 aromatic rings. The van der Waals surface area contributed by atoms with Crippen LogP contribution in [0.3, 0.4) is 0 Å². The number of hydrogen-bond acceptors (Lipinski definition) is 3. The molecule has 8 heteroatoms. The molecule has 1 saturated heterocycles. The smallest absolute Gasteiger partial charge is 0.257 e. The van der Waals surface area contributed by atoms with Crippen molar-refractivity contribution in [3.63, 3.8) is 0 Å². The van der Waals surface area contributed by atoms with Gasteiger partial charge in [-0.2, -0.15) is 0 Å². The van der Waals surface area contributed by atoms with E-state index in [0.717, 1.165) is 16.2 Å². The quantitative estimate of drug-likeness (QED) is 0.394. The van der Waals surface area contributed by atoms with Gasteiger partial charge in [0.1, 0.15) is 11.9 Å². The number of amides is 2. The number of nitrogens with zero attached hydrogens (tertiary/aromatic N) is 2. The number of rotatable bonds is 6. The zero-order valence-corrected chi connectivity index (χ0v) is 19.2. The van der Waals surface area contributed by atoms with Gasteiger partial charge in [0.05, 0.1) is 12.1 Å². The molecular weight excluding hydrogens is 461 g/mol. The Morgan fingerprint density at radius 2 is 1.70 bits per heavy atom. The number of benzene rings is 3. The third kappa shape index (κ3) is 5.38. The van der Waals surface area contributed by atoms with Crippen LogP contribution in [0.25, 0.3) is 0 Å². The average Bonchev–Trinajstić information content (AvgIpc) is 3.10. The summed E-state index contributed by atoms with van der Waals surface area (Å²) >= 11 is 11.6. The van der Waals surface area contributed by atoms with Crippen molar-refractivity contribution in [2.24, 2.45) is 0 Å². The number of carbonyl (C=O) groups is 2. The number of imide groups is 1. The molecule has 1 heterocycles. The highest BCUT2D eigenvalue weighted by molar-refractivity contribution is 7.80. The highest BCUT2D eigenvalue weighted by atomic mass is 35.5. The highest BCUT2D eigenvalue weighted by Crippen LogP contribution is 2.27. The molecule has 1 aliphatic rings. The van der Waals surface area contributed by atoms with E-state index in [9.17, 15) is 14.0 Å². The van der Waals surface area contributed by atoms with Crippen LogP contribution in [0, 0.1) is 5.82 Å². The van der Waals surface area contributed by atoms with Crippen LogP contribution in [-0.2, 0) is 16.0 Å². The molecular formula is C25H21ClFN3O2S. The number of anilines is 2. The molecule has 5 nitrogen and oxygen atoms in total. The Balaban J connectivity index is 1.58. The van der Waals surface area contributed by atoms with Crippen molar-refractivity contribution in [1.29, 1.82) is 0 Å². The molecule has 2 amide bonds. The maximum atomic E-state index is 13.3. The van der Waals surface area contributed by atoms with Gasteiger partial charge in [0.15, 0.2) is 5.11 Å². The zero-order valence-electron chi connectivity index (χ0n) is 17.6. The minimum absolute atomic E-state index is 0.0204. The number of hydrogen-bond donors (Lipinski definition) is 1. The molecule has 0 bridgehead atoms. The van der Waals surface area contributed by atoms with Gasteiger partial charge < -0.3 is 10.2 Å².